The quantitative estimate of drug-likeness (QED) is 0.396. The Morgan fingerprint density at radius 3 is 2.32 bits per heavy atom. The Hall–Kier alpha value is -2.19. The van der Waals surface area contributed by atoms with E-state index in [0.717, 1.165) is 25.7 Å². The fourth-order valence-corrected chi connectivity index (χ4v) is 6.33. The molecular formula is C30H49NO7. The Balaban J connectivity index is 2.35. The summed E-state index contributed by atoms with van der Waals surface area (Å²) in [5.74, 6) is -1.85. The maximum atomic E-state index is 12.9. The van der Waals surface area contributed by atoms with Crippen molar-refractivity contribution in [1.82, 2.24) is 5.32 Å². The van der Waals surface area contributed by atoms with Gasteiger partial charge in [-0.05, 0) is 61.3 Å². The number of esters is 1. The third-order valence-corrected chi connectivity index (χ3v) is 8.31. The lowest BCUT2D eigenvalue weighted by Gasteiger charge is -2.29. The van der Waals surface area contributed by atoms with Crippen LogP contribution in [-0.4, -0.2) is 58.0 Å². The second-order valence-electron chi connectivity index (χ2n) is 12.0. The number of carboxylic acids is 1. The number of aliphatic hydroxyl groups excluding tert-OH is 2. The van der Waals surface area contributed by atoms with Crippen LogP contribution >= 0.6 is 0 Å². The molecule has 0 aromatic carbocycles. The van der Waals surface area contributed by atoms with Gasteiger partial charge in [0.25, 0.3) is 0 Å². The number of rotatable bonds is 4. The zero-order valence-electron chi connectivity index (χ0n) is 23.8. The largest absolute Gasteiger partial charge is 0.481 e. The van der Waals surface area contributed by atoms with Gasteiger partial charge in [0.1, 0.15) is 6.10 Å². The Kier molecular flexibility index (Phi) is 13.0. The van der Waals surface area contributed by atoms with Crippen molar-refractivity contribution in [2.75, 3.05) is 6.54 Å². The van der Waals surface area contributed by atoms with Gasteiger partial charge >= 0.3 is 11.9 Å². The van der Waals surface area contributed by atoms with Gasteiger partial charge in [0.2, 0.25) is 5.91 Å². The summed E-state index contributed by atoms with van der Waals surface area (Å²) in [5.41, 5.74) is 0.694. The standard InChI is InChI=1S/C30H49NO7/c1-18-13-19(2)15-21(4)29(35)23(17-31-22(5)32)9-6-7-12-27(24-10-8-11-25(24)30(36)37)38-28(34)16-26(33)20(3)14-18/h6-7,9,18-21,24-27,29,33,35H,8,10-17H2,1-5H3,(H,31,32)(H,36,37). The van der Waals surface area contributed by atoms with Gasteiger partial charge in [-0.15, -0.1) is 0 Å². The van der Waals surface area contributed by atoms with E-state index in [4.69, 9.17) is 4.74 Å². The minimum Gasteiger partial charge on any atom is -0.481 e. The van der Waals surface area contributed by atoms with Gasteiger partial charge in [-0.25, -0.2) is 0 Å². The average molecular weight is 536 g/mol. The van der Waals surface area contributed by atoms with E-state index in [-0.39, 0.29) is 36.6 Å². The molecular weight excluding hydrogens is 486 g/mol. The summed E-state index contributed by atoms with van der Waals surface area (Å²) in [4.78, 5) is 36.3. The average Bonchev–Trinajstić information content (AvgIpc) is 3.31. The lowest BCUT2D eigenvalue weighted by molar-refractivity contribution is -0.159. The van der Waals surface area contributed by atoms with Crippen molar-refractivity contribution in [3.63, 3.8) is 0 Å². The molecule has 1 fully saturated rings. The minimum atomic E-state index is -0.876. The van der Waals surface area contributed by atoms with Crippen molar-refractivity contribution < 1.29 is 34.4 Å². The van der Waals surface area contributed by atoms with Gasteiger partial charge in [-0.3, -0.25) is 14.4 Å². The second-order valence-corrected chi connectivity index (χ2v) is 12.0. The highest BCUT2D eigenvalue weighted by Gasteiger charge is 2.39. The topological polar surface area (TPSA) is 133 Å². The number of hydrogen-bond acceptors (Lipinski definition) is 6. The maximum absolute atomic E-state index is 12.9. The molecule has 38 heavy (non-hydrogen) atoms. The first kappa shape index (κ1) is 32.0. The Labute approximate surface area is 227 Å². The molecule has 4 N–H and O–H groups in total. The van der Waals surface area contributed by atoms with Crippen molar-refractivity contribution >= 4 is 17.8 Å². The molecule has 1 aliphatic carbocycles. The molecule has 2 aliphatic rings. The SMILES string of the molecule is CC(=O)NCC1=CC=CCC(C2CCCC2C(=O)O)OC(=O)CC(O)C(C)CC(C)CC(C)CC(C)C1O. The van der Waals surface area contributed by atoms with Crippen LogP contribution in [0.4, 0.5) is 0 Å². The van der Waals surface area contributed by atoms with Crippen LogP contribution in [0.1, 0.15) is 86.0 Å². The molecule has 0 bridgehead atoms. The van der Waals surface area contributed by atoms with Crippen molar-refractivity contribution in [2.24, 2.45) is 35.5 Å². The molecule has 0 radical (unpaired) electrons. The molecule has 9 atom stereocenters. The highest BCUT2D eigenvalue weighted by Crippen LogP contribution is 2.37. The van der Waals surface area contributed by atoms with Gasteiger partial charge in [0.15, 0.2) is 0 Å². The summed E-state index contributed by atoms with van der Waals surface area (Å²) in [5, 5.41) is 34.4. The molecule has 216 valence electrons. The Bertz CT molecular complexity index is 854. The highest BCUT2D eigenvalue weighted by molar-refractivity contribution is 5.73. The summed E-state index contributed by atoms with van der Waals surface area (Å²) in [6.45, 7) is 9.94. The number of carboxylic acid groups (broad SMARTS) is 1. The number of amides is 1. The zero-order chi connectivity index (χ0) is 28.4. The first-order chi connectivity index (χ1) is 17.9. The van der Waals surface area contributed by atoms with E-state index in [9.17, 15) is 29.7 Å². The van der Waals surface area contributed by atoms with E-state index in [2.05, 4.69) is 19.2 Å². The van der Waals surface area contributed by atoms with Crippen molar-refractivity contribution in [1.29, 1.82) is 0 Å². The van der Waals surface area contributed by atoms with Crippen LogP contribution in [0.5, 0.6) is 0 Å². The first-order valence-electron chi connectivity index (χ1n) is 14.3. The van der Waals surface area contributed by atoms with Crippen LogP contribution < -0.4 is 5.32 Å². The second kappa shape index (κ2) is 15.4. The van der Waals surface area contributed by atoms with E-state index in [0.29, 0.717) is 36.7 Å². The lowest BCUT2D eigenvalue weighted by atomic mass is 9.82. The molecule has 1 heterocycles. The number of aliphatic hydroxyl groups is 2. The molecule has 0 saturated heterocycles. The van der Waals surface area contributed by atoms with Crippen molar-refractivity contribution in [2.45, 2.75) is 104 Å². The predicted molar refractivity (Wildman–Crippen MR) is 146 cm³/mol. The van der Waals surface area contributed by atoms with Gasteiger partial charge in [0, 0.05) is 25.8 Å². The number of allylic oxidation sites excluding steroid dienone is 2. The van der Waals surface area contributed by atoms with E-state index in [1.54, 1.807) is 12.2 Å². The number of ether oxygens (including phenoxy) is 1. The van der Waals surface area contributed by atoms with Gasteiger partial charge in [0.05, 0.1) is 24.5 Å². The minimum absolute atomic E-state index is 0.0176. The highest BCUT2D eigenvalue weighted by atomic mass is 16.5. The van der Waals surface area contributed by atoms with E-state index < -0.39 is 36.2 Å². The van der Waals surface area contributed by atoms with Crippen LogP contribution in [0.2, 0.25) is 0 Å². The Morgan fingerprint density at radius 1 is 1.03 bits per heavy atom. The summed E-state index contributed by atoms with van der Waals surface area (Å²) in [6.07, 6.45) is 7.94. The summed E-state index contributed by atoms with van der Waals surface area (Å²) in [6, 6.07) is 0. The number of carbonyl (C=O) groups is 3. The molecule has 1 aliphatic heterocycles. The monoisotopic (exact) mass is 535 g/mol. The number of nitrogens with one attached hydrogen (secondary N) is 1. The third kappa shape index (κ3) is 10.2. The predicted octanol–water partition coefficient (Wildman–Crippen LogP) is 4.25. The van der Waals surface area contributed by atoms with E-state index in [1.165, 1.54) is 6.92 Å². The summed E-state index contributed by atoms with van der Waals surface area (Å²) in [7, 11) is 0. The molecule has 0 spiro atoms. The van der Waals surface area contributed by atoms with Crippen molar-refractivity contribution in [3.05, 3.63) is 23.8 Å². The van der Waals surface area contributed by atoms with Gasteiger partial charge < -0.3 is 25.4 Å². The van der Waals surface area contributed by atoms with Crippen LogP contribution in [0.25, 0.3) is 0 Å². The number of aliphatic carboxylic acids is 1. The van der Waals surface area contributed by atoms with Crippen LogP contribution in [-0.2, 0) is 19.1 Å². The van der Waals surface area contributed by atoms with Crippen molar-refractivity contribution in [3.8, 4) is 0 Å². The molecule has 8 heteroatoms. The van der Waals surface area contributed by atoms with E-state index in [1.807, 2.05) is 19.9 Å². The molecule has 2 rings (SSSR count). The van der Waals surface area contributed by atoms with Crippen LogP contribution in [0, 0.1) is 35.5 Å². The number of carbonyl (C=O) groups excluding carboxylic acids is 2. The molecule has 1 saturated carbocycles. The summed E-state index contributed by atoms with van der Waals surface area (Å²) >= 11 is 0. The first-order valence-corrected chi connectivity index (χ1v) is 14.3. The lowest BCUT2D eigenvalue weighted by Crippen LogP contribution is -2.34. The molecule has 0 aromatic heterocycles. The maximum Gasteiger partial charge on any atom is 0.308 e. The normalized spacial score (nSPS) is 36.4. The van der Waals surface area contributed by atoms with Crippen LogP contribution in [0.3, 0.4) is 0 Å². The van der Waals surface area contributed by atoms with Gasteiger partial charge in [-0.1, -0.05) is 52.3 Å². The summed E-state index contributed by atoms with van der Waals surface area (Å²) < 4.78 is 5.83. The molecule has 0 aromatic rings. The Morgan fingerprint density at radius 2 is 1.68 bits per heavy atom. The number of hydrogen-bond donors (Lipinski definition) is 4. The molecule has 8 nitrogen and oxygen atoms in total. The smallest absolute Gasteiger partial charge is 0.308 e. The van der Waals surface area contributed by atoms with Crippen LogP contribution in [0.15, 0.2) is 23.8 Å². The fourth-order valence-electron chi connectivity index (χ4n) is 6.33. The fraction of sp³-hybridized carbons (Fsp3) is 0.767. The number of cyclic esters (lactones) is 1. The van der Waals surface area contributed by atoms with Gasteiger partial charge in [-0.2, -0.15) is 0 Å². The molecule has 9 unspecified atom stereocenters. The zero-order valence-corrected chi connectivity index (χ0v) is 23.8. The molecule has 1 amide bonds. The third-order valence-electron chi connectivity index (χ3n) is 8.31. The van der Waals surface area contributed by atoms with E-state index >= 15 is 0 Å².